The Morgan fingerprint density at radius 3 is 2.60 bits per heavy atom. The zero-order valence-electron chi connectivity index (χ0n) is 16.9. The van der Waals surface area contributed by atoms with Crippen molar-refractivity contribution in [1.82, 2.24) is 5.32 Å². The topological polar surface area (TPSA) is 90.9 Å². The van der Waals surface area contributed by atoms with Gasteiger partial charge in [-0.15, -0.1) is 0 Å². The second-order valence-electron chi connectivity index (χ2n) is 6.95. The van der Waals surface area contributed by atoms with Gasteiger partial charge in [0.25, 0.3) is 5.91 Å². The maximum absolute atomic E-state index is 13.0. The molecule has 0 spiro atoms. The molecule has 0 saturated heterocycles. The normalized spacial score (nSPS) is 16.1. The van der Waals surface area contributed by atoms with E-state index in [-0.39, 0.29) is 34.4 Å². The lowest BCUT2D eigenvalue weighted by atomic mass is 9.95. The lowest BCUT2D eigenvalue weighted by molar-refractivity contribution is -0.142. The maximum atomic E-state index is 13.0. The van der Waals surface area contributed by atoms with Crippen molar-refractivity contribution >= 4 is 29.4 Å². The van der Waals surface area contributed by atoms with Crippen LogP contribution in [-0.2, 0) is 27.1 Å². The Morgan fingerprint density at radius 1 is 1.27 bits per heavy atom. The van der Waals surface area contributed by atoms with E-state index in [0.29, 0.717) is 12.0 Å². The molecule has 3 rings (SSSR count). The van der Waals surface area contributed by atoms with Gasteiger partial charge in [0.05, 0.1) is 19.8 Å². The highest BCUT2D eigenvalue weighted by Gasteiger charge is 2.33. The number of nitrogens with one attached hydrogen (secondary N) is 1. The van der Waals surface area contributed by atoms with Crippen LogP contribution in [0.1, 0.15) is 38.8 Å². The number of fused-ring (bicyclic) bond motifs is 1. The second kappa shape index (κ2) is 9.17. The smallest absolute Gasteiger partial charge is 0.342 e. The van der Waals surface area contributed by atoms with E-state index in [0.717, 1.165) is 5.56 Å². The molecule has 1 N–H and O–H groups in total. The van der Waals surface area contributed by atoms with Crippen molar-refractivity contribution < 1.29 is 28.6 Å². The Hall–Kier alpha value is -3.06. The lowest BCUT2D eigenvalue weighted by Gasteiger charge is -2.26. The number of methoxy groups -OCH3 is 2. The third kappa shape index (κ3) is 4.41. The highest BCUT2D eigenvalue weighted by Crippen LogP contribution is 2.37. The number of hydrogen-bond donors (Lipinski definition) is 1. The van der Waals surface area contributed by atoms with Crippen molar-refractivity contribution in [1.29, 1.82) is 0 Å². The largest absolute Gasteiger partial charge is 0.495 e. The van der Waals surface area contributed by atoms with Crippen LogP contribution < -0.4 is 10.1 Å². The van der Waals surface area contributed by atoms with Crippen LogP contribution in [-0.4, -0.2) is 44.2 Å². The summed E-state index contributed by atoms with van der Waals surface area (Å²) in [5.41, 5.74) is 1.59. The standard InChI is InChI=1S/C22H22ClNO6/c1-12-9-14-16(23)11-15(19(28-2)18(14)22(27)30-12)20(25)24-17(21(26)29-3)10-13-7-5-4-6-8-13/h4-8,11-12,17H,9-10H2,1-3H3,(H,24,25)/t12-,17+/m1/s1. The number of rotatable bonds is 6. The van der Waals surface area contributed by atoms with E-state index in [1.165, 1.54) is 20.3 Å². The molecule has 0 unspecified atom stereocenters. The molecule has 8 heteroatoms. The molecule has 2 atom stereocenters. The van der Waals surface area contributed by atoms with Gasteiger partial charge in [0.15, 0.2) is 0 Å². The third-order valence-corrected chi connectivity index (χ3v) is 5.20. The first-order valence-corrected chi connectivity index (χ1v) is 9.76. The fraction of sp³-hybridized carbons (Fsp3) is 0.318. The highest BCUT2D eigenvalue weighted by atomic mass is 35.5. The first-order valence-electron chi connectivity index (χ1n) is 9.38. The number of carbonyl (C=O) groups is 3. The van der Waals surface area contributed by atoms with Gasteiger partial charge in [-0.05, 0) is 24.1 Å². The Kier molecular flexibility index (Phi) is 6.62. The molecule has 1 amide bonds. The minimum absolute atomic E-state index is 0.0368. The maximum Gasteiger partial charge on any atom is 0.342 e. The van der Waals surface area contributed by atoms with Crippen LogP contribution in [0, 0.1) is 0 Å². The predicted molar refractivity (Wildman–Crippen MR) is 110 cm³/mol. The van der Waals surface area contributed by atoms with Crippen molar-refractivity contribution in [2.75, 3.05) is 14.2 Å². The number of hydrogen-bond acceptors (Lipinski definition) is 6. The molecular weight excluding hydrogens is 410 g/mol. The summed E-state index contributed by atoms with van der Waals surface area (Å²) in [5.74, 6) is -1.75. The highest BCUT2D eigenvalue weighted by molar-refractivity contribution is 6.32. The Morgan fingerprint density at radius 2 is 1.97 bits per heavy atom. The van der Waals surface area contributed by atoms with Crippen molar-refractivity contribution in [3.63, 3.8) is 0 Å². The second-order valence-corrected chi connectivity index (χ2v) is 7.36. The van der Waals surface area contributed by atoms with Gasteiger partial charge in [0, 0.05) is 17.9 Å². The van der Waals surface area contributed by atoms with Crippen molar-refractivity contribution in [2.45, 2.75) is 31.9 Å². The van der Waals surface area contributed by atoms with Gasteiger partial charge in [-0.1, -0.05) is 41.9 Å². The Labute approximate surface area is 179 Å². The van der Waals surface area contributed by atoms with E-state index >= 15 is 0 Å². The molecule has 30 heavy (non-hydrogen) atoms. The zero-order valence-corrected chi connectivity index (χ0v) is 17.6. The van der Waals surface area contributed by atoms with E-state index in [4.69, 9.17) is 25.8 Å². The van der Waals surface area contributed by atoms with E-state index in [1.807, 2.05) is 30.3 Å². The fourth-order valence-corrected chi connectivity index (χ4v) is 3.74. The van der Waals surface area contributed by atoms with E-state index in [9.17, 15) is 14.4 Å². The zero-order chi connectivity index (χ0) is 21.8. The Balaban J connectivity index is 1.95. The molecule has 0 radical (unpaired) electrons. The van der Waals surface area contributed by atoms with Crippen molar-refractivity contribution in [3.8, 4) is 5.75 Å². The van der Waals surface area contributed by atoms with Crippen LogP contribution in [0.2, 0.25) is 5.02 Å². The minimum atomic E-state index is -0.934. The van der Waals surface area contributed by atoms with Crippen LogP contribution in [0.4, 0.5) is 0 Å². The lowest BCUT2D eigenvalue weighted by Crippen LogP contribution is -2.43. The van der Waals surface area contributed by atoms with Gasteiger partial charge >= 0.3 is 11.9 Å². The summed E-state index contributed by atoms with van der Waals surface area (Å²) in [6.07, 6.45) is 0.318. The number of amides is 1. The van der Waals surface area contributed by atoms with Gasteiger partial charge in [-0.25, -0.2) is 9.59 Å². The summed E-state index contributed by atoms with van der Waals surface area (Å²) in [7, 11) is 2.60. The summed E-state index contributed by atoms with van der Waals surface area (Å²) < 4.78 is 15.5. The monoisotopic (exact) mass is 431 g/mol. The first-order chi connectivity index (χ1) is 14.3. The van der Waals surface area contributed by atoms with Gasteiger partial charge in [0.1, 0.15) is 23.5 Å². The molecule has 1 aliphatic rings. The van der Waals surface area contributed by atoms with Crippen LogP contribution >= 0.6 is 11.6 Å². The summed E-state index contributed by atoms with van der Waals surface area (Å²) in [5, 5.41) is 2.92. The molecule has 7 nitrogen and oxygen atoms in total. The van der Waals surface area contributed by atoms with E-state index in [1.54, 1.807) is 6.92 Å². The summed E-state index contributed by atoms with van der Waals surface area (Å²) in [6.45, 7) is 1.76. The number of ether oxygens (including phenoxy) is 3. The molecule has 158 valence electrons. The third-order valence-electron chi connectivity index (χ3n) is 4.86. The van der Waals surface area contributed by atoms with E-state index in [2.05, 4.69) is 5.32 Å². The summed E-state index contributed by atoms with van der Waals surface area (Å²) >= 11 is 6.37. The molecule has 0 fully saturated rings. The molecule has 2 aromatic rings. The van der Waals surface area contributed by atoms with Gasteiger partial charge < -0.3 is 19.5 Å². The summed E-state index contributed by atoms with van der Waals surface area (Å²) in [6, 6.07) is 9.72. The molecule has 0 bridgehead atoms. The number of cyclic esters (lactones) is 1. The average Bonchev–Trinajstić information content (AvgIpc) is 2.73. The minimum Gasteiger partial charge on any atom is -0.495 e. The SMILES string of the molecule is COC(=O)[C@H](Cc1ccccc1)NC(=O)c1cc(Cl)c2c(c1OC)C(=O)O[C@H](C)C2. The Bertz CT molecular complexity index is 975. The molecule has 0 aromatic heterocycles. The van der Waals surface area contributed by atoms with Crippen LogP contribution in [0.3, 0.4) is 0 Å². The van der Waals surface area contributed by atoms with Crippen molar-refractivity contribution in [2.24, 2.45) is 0 Å². The van der Waals surface area contributed by atoms with Crippen LogP contribution in [0.5, 0.6) is 5.75 Å². The fourth-order valence-electron chi connectivity index (χ4n) is 3.46. The molecule has 0 saturated carbocycles. The van der Waals surface area contributed by atoms with E-state index < -0.39 is 23.9 Å². The summed E-state index contributed by atoms with van der Waals surface area (Å²) in [4.78, 5) is 37.8. The molecule has 1 heterocycles. The molecular formula is C22H22ClNO6. The molecule has 2 aromatic carbocycles. The number of esters is 2. The van der Waals surface area contributed by atoms with Gasteiger partial charge in [-0.2, -0.15) is 0 Å². The quantitative estimate of drug-likeness (QED) is 0.707. The average molecular weight is 432 g/mol. The first kappa shape index (κ1) is 21.6. The number of carbonyl (C=O) groups excluding carboxylic acids is 3. The number of benzene rings is 2. The molecule has 0 aliphatic carbocycles. The van der Waals surface area contributed by atoms with Crippen LogP contribution in [0.25, 0.3) is 0 Å². The predicted octanol–water partition coefficient (Wildman–Crippen LogP) is 2.96. The van der Waals surface area contributed by atoms with Crippen molar-refractivity contribution in [3.05, 3.63) is 63.7 Å². The molecule has 1 aliphatic heterocycles. The van der Waals surface area contributed by atoms with Crippen LogP contribution in [0.15, 0.2) is 36.4 Å². The van der Waals surface area contributed by atoms with Gasteiger partial charge in [-0.3, -0.25) is 4.79 Å². The van der Waals surface area contributed by atoms with Gasteiger partial charge in [0.2, 0.25) is 0 Å². The number of halogens is 1.